The van der Waals surface area contributed by atoms with Crippen LogP contribution in [0.2, 0.25) is 0 Å². The Morgan fingerprint density at radius 2 is 1.77 bits per heavy atom. The number of benzene rings is 2. The Labute approximate surface area is 265 Å². The molecule has 2 aromatic carbocycles. The molecule has 230 valence electrons. The molecule has 0 aliphatic heterocycles. The number of nitrogens with zero attached hydrogens (tertiary/aromatic N) is 1. The summed E-state index contributed by atoms with van der Waals surface area (Å²) in [4.78, 5) is 40.2. The Morgan fingerprint density at radius 1 is 1.05 bits per heavy atom. The third-order valence-electron chi connectivity index (χ3n) is 7.32. The summed E-state index contributed by atoms with van der Waals surface area (Å²) in [6.45, 7) is 5.46. The number of amides is 2. The second-order valence-electron chi connectivity index (χ2n) is 11.9. The zero-order valence-electron chi connectivity index (χ0n) is 25.1. The van der Waals surface area contributed by atoms with Crippen LogP contribution in [0.25, 0.3) is 10.4 Å². The molecule has 1 aliphatic carbocycles. The molecule has 3 aromatic rings. The minimum absolute atomic E-state index is 0.196. The molecule has 10 heteroatoms. The van der Waals surface area contributed by atoms with Crippen molar-refractivity contribution in [1.82, 2.24) is 0 Å². The number of ether oxygens (including phenoxy) is 3. The number of primary amides is 1. The topological polar surface area (TPSA) is 108 Å². The van der Waals surface area contributed by atoms with E-state index in [1.807, 2.05) is 30.3 Å². The van der Waals surface area contributed by atoms with E-state index in [-0.39, 0.29) is 17.2 Å². The maximum absolute atomic E-state index is 12.7. The van der Waals surface area contributed by atoms with Crippen LogP contribution in [-0.2, 0) is 20.7 Å². The van der Waals surface area contributed by atoms with Gasteiger partial charge in [0, 0.05) is 12.2 Å². The lowest BCUT2D eigenvalue weighted by molar-refractivity contribution is -0.157. The van der Waals surface area contributed by atoms with Gasteiger partial charge in [0.15, 0.2) is 17.2 Å². The highest BCUT2D eigenvalue weighted by molar-refractivity contribution is 9.10. The second kappa shape index (κ2) is 14.4. The van der Waals surface area contributed by atoms with Gasteiger partial charge >= 0.3 is 18.0 Å². The van der Waals surface area contributed by atoms with Gasteiger partial charge in [-0.1, -0.05) is 55.3 Å². The molecule has 1 saturated carbocycles. The van der Waals surface area contributed by atoms with E-state index >= 15 is 0 Å². The first-order valence-corrected chi connectivity index (χ1v) is 16.0. The van der Waals surface area contributed by atoms with E-state index < -0.39 is 23.6 Å². The first kappa shape index (κ1) is 32.5. The zero-order chi connectivity index (χ0) is 31.1. The van der Waals surface area contributed by atoms with E-state index in [1.165, 1.54) is 30.4 Å². The van der Waals surface area contributed by atoms with E-state index in [4.69, 9.17) is 19.9 Å². The van der Waals surface area contributed by atoms with Crippen LogP contribution in [-0.4, -0.2) is 43.8 Å². The van der Waals surface area contributed by atoms with Crippen LogP contribution < -0.4 is 15.4 Å². The number of methoxy groups -OCH3 is 1. The van der Waals surface area contributed by atoms with Gasteiger partial charge < -0.3 is 19.9 Å². The molecule has 4 rings (SSSR count). The molecule has 1 fully saturated rings. The fraction of sp³-hybridized carbons (Fsp3) is 0.424. The molecule has 1 heterocycles. The number of hydrogen-bond donors (Lipinski definition) is 1. The van der Waals surface area contributed by atoms with Crippen molar-refractivity contribution in [3.8, 4) is 16.2 Å². The van der Waals surface area contributed by atoms with Gasteiger partial charge in [-0.3, -0.25) is 4.90 Å². The molecular formula is C33H39BrN2O6S. The maximum Gasteiger partial charge on any atom is 0.351 e. The lowest BCUT2D eigenvalue weighted by Crippen LogP contribution is -2.40. The van der Waals surface area contributed by atoms with Gasteiger partial charge in [-0.2, -0.15) is 0 Å². The molecule has 2 N–H and O–H groups in total. The molecule has 43 heavy (non-hydrogen) atoms. The number of nitrogens with two attached hydrogens (primary N) is 1. The highest BCUT2D eigenvalue weighted by Gasteiger charge is 2.28. The number of rotatable bonds is 10. The third kappa shape index (κ3) is 8.83. The fourth-order valence-corrected chi connectivity index (χ4v) is 7.50. The summed E-state index contributed by atoms with van der Waals surface area (Å²) in [6, 6.07) is 17.5. The predicted molar refractivity (Wildman–Crippen MR) is 173 cm³/mol. The number of thiophene rings is 1. The van der Waals surface area contributed by atoms with Crippen LogP contribution >= 0.6 is 27.3 Å². The van der Waals surface area contributed by atoms with Gasteiger partial charge in [0.2, 0.25) is 0 Å². The summed E-state index contributed by atoms with van der Waals surface area (Å²) in [5.41, 5.74) is 8.01. The minimum Gasteiger partial charge on any atom is -0.479 e. The normalized spacial score (nSPS) is 16.8. The summed E-state index contributed by atoms with van der Waals surface area (Å²) in [6.07, 6.45) is 5.43. The monoisotopic (exact) mass is 670 g/mol. The second-order valence-corrected chi connectivity index (χ2v) is 13.7. The molecular weight excluding hydrogens is 632 g/mol. The molecule has 2 unspecified atom stereocenters. The van der Waals surface area contributed by atoms with Crippen molar-refractivity contribution >= 4 is 50.9 Å². The van der Waals surface area contributed by atoms with Crippen molar-refractivity contribution in [1.29, 1.82) is 0 Å². The fourth-order valence-electron chi connectivity index (χ4n) is 5.54. The summed E-state index contributed by atoms with van der Waals surface area (Å²) in [7, 11) is 1.29. The average Bonchev–Trinajstić information content (AvgIpc) is 3.30. The molecule has 8 nitrogen and oxygen atoms in total. The Kier molecular flexibility index (Phi) is 10.9. The van der Waals surface area contributed by atoms with Crippen LogP contribution in [0.4, 0.5) is 10.5 Å². The van der Waals surface area contributed by atoms with Crippen LogP contribution in [0.1, 0.15) is 61.7 Å². The molecule has 0 saturated heterocycles. The lowest BCUT2D eigenvalue weighted by Gasteiger charge is -2.33. The van der Waals surface area contributed by atoms with Gasteiger partial charge in [-0.25, -0.2) is 14.4 Å². The first-order valence-electron chi connectivity index (χ1n) is 14.4. The zero-order valence-corrected chi connectivity index (χ0v) is 27.5. The maximum atomic E-state index is 12.7. The number of carbonyl (C=O) groups is 3. The lowest BCUT2D eigenvalue weighted by atomic mass is 9.78. The Balaban J connectivity index is 1.54. The van der Waals surface area contributed by atoms with Crippen LogP contribution in [0, 0.1) is 11.8 Å². The largest absolute Gasteiger partial charge is 0.479 e. The molecule has 1 aromatic heterocycles. The standard InChI is InChI=1S/C33H39BrN2O6S/c1-33(2,3)42-26(37)20-41-28-27(34)29(43-30(28)31(38)40-4)24-14-9-15-25(18-24)36(32(35)39)19-23-13-8-12-22(17-23)16-21-10-6-5-7-11-21/h5-7,9-11,14-15,18,22-23H,8,12-13,16-17,19-20H2,1-4H3,(H2,35,39). The number of esters is 2. The van der Waals surface area contributed by atoms with E-state index in [0.717, 1.165) is 31.2 Å². The van der Waals surface area contributed by atoms with E-state index in [2.05, 4.69) is 40.2 Å². The third-order valence-corrected chi connectivity index (χ3v) is 9.54. The number of urea groups is 1. The summed E-state index contributed by atoms with van der Waals surface area (Å²) >= 11 is 4.74. The average molecular weight is 672 g/mol. The van der Waals surface area contributed by atoms with Crippen molar-refractivity contribution in [2.75, 3.05) is 25.2 Å². The Morgan fingerprint density at radius 3 is 2.44 bits per heavy atom. The first-order chi connectivity index (χ1) is 20.4. The molecule has 0 radical (unpaired) electrons. The van der Waals surface area contributed by atoms with Crippen molar-refractivity contribution in [2.24, 2.45) is 17.6 Å². The van der Waals surface area contributed by atoms with Gasteiger partial charge in [0.25, 0.3) is 0 Å². The molecule has 2 atom stereocenters. The summed E-state index contributed by atoms with van der Waals surface area (Å²) < 4.78 is 16.6. The SMILES string of the molecule is COC(=O)c1sc(-c2cccc(N(CC3CCCC(Cc4ccccc4)C3)C(N)=O)c2)c(Br)c1OCC(=O)OC(C)(C)C. The van der Waals surface area contributed by atoms with Crippen molar-refractivity contribution in [3.05, 3.63) is 69.5 Å². The molecule has 2 amide bonds. The van der Waals surface area contributed by atoms with Crippen LogP contribution in [0.3, 0.4) is 0 Å². The Hall–Kier alpha value is -3.37. The quantitative estimate of drug-likeness (QED) is 0.222. The van der Waals surface area contributed by atoms with Crippen molar-refractivity contribution in [2.45, 2.75) is 58.5 Å². The highest BCUT2D eigenvalue weighted by Crippen LogP contribution is 2.46. The molecule has 1 aliphatic rings. The van der Waals surface area contributed by atoms with Gasteiger partial charge in [0.1, 0.15) is 5.60 Å². The minimum atomic E-state index is -0.671. The smallest absolute Gasteiger partial charge is 0.351 e. The number of halogens is 1. The predicted octanol–water partition coefficient (Wildman–Crippen LogP) is 7.62. The summed E-state index contributed by atoms with van der Waals surface area (Å²) in [5, 5.41) is 0. The summed E-state index contributed by atoms with van der Waals surface area (Å²) in [5.74, 6) is -0.0447. The number of hydrogen-bond acceptors (Lipinski definition) is 7. The van der Waals surface area contributed by atoms with Gasteiger partial charge in [-0.15, -0.1) is 11.3 Å². The van der Waals surface area contributed by atoms with Gasteiger partial charge in [0.05, 0.1) is 16.5 Å². The molecule has 0 spiro atoms. The van der Waals surface area contributed by atoms with E-state index in [0.29, 0.717) is 33.4 Å². The van der Waals surface area contributed by atoms with E-state index in [9.17, 15) is 14.4 Å². The highest BCUT2D eigenvalue weighted by atomic mass is 79.9. The van der Waals surface area contributed by atoms with Crippen LogP contribution in [0.5, 0.6) is 5.75 Å². The van der Waals surface area contributed by atoms with E-state index in [1.54, 1.807) is 25.7 Å². The van der Waals surface area contributed by atoms with Crippen molar-refractivity contribution in [3.63, 3.8) is 0 Å². The van der Waals surface area contributed by atoms with Crippen molar-refractivity contribution < 1.29 is 28.6 Å². The number of anilines is 1. The molecule has 0 bridgehead atoms. The number of carbonyl (C=O) groups excluding carboxylic acids is 3. The van der Waals surface area contributed by atoms with Gasteiger partial charge in [-0.05, 0) is 91.1 Å². The Bertz CT molecular complexity index is 1430. The van der Waals surface area contributed by atoms with Crippen LogP contribution in [0.15, 0.2) is 59.1 Å².